The summed E-state index contributed by atoms with van der Waals surface area (Å²) in [5.41, 5.74) is 0.0640. The Morgan fingerprint density at radius 1 is 1.29 bits per heavy atom. The zero-order valence-electron chi connectivity index (χ0n) is 14.3. The summed E-state index contributed by atoms with van der Waals surface area (Å²) >= 11 is 0. The Labute approximate surface area is 130 Å². The van der Waals surface area contributed by atoms with E-state index in [1.165, 1.54) is 0 Å². The molecule has 0 bridgehead atoms. The van der Waals surface area contributed by atoms with Crippen LogP contribution < -0.4 is 5.32 Å². The monoisotopic (exact) mass is 319 g/mol. The van der Waals surface area contributed by atoms with Crippen molar-refractivity contribution in [2.45, 2.75) is 53.0 Å². The molecule has 1 rings (SSSR count). The van der Waals surface area contributed by atoms with E-state index < -0.39 is 9.84 Å². The van der Waals surface area contributed by atoms with Gasteiger partial charge in [-0.05, 0) is 57.9 Å². The zero-order chi connectivity index (χ0) is 16.1. The van der Waals surface area contributed by atoms with Gasteiger partial charge in [0, 0.05) is 18.8 Å². The molecule has 0 aliphatic carbocycles. The van der Waals surface area contributed by atoms with Crippen molar-refractivity contribution in [1.82, 2.24) is 5.32 Å². The van der Waals surface area contributed by atoms with Crippen molar-refractivity contribution in [3.05, 3.63) is 0 Å². The smallest absolute Gasteiger partial charge is 0.150 e. The van der Waals surface area contributed by atoms with Gasteiger partial charge in [0.25, 0.3) is 0 Å². The Balaban J connectivity index is 2.50. The molecule has 0 aromatic rings. The predicted molar refractivity (Wildman–Crippen MR) is 88.3 cm³/mol. The van der Waals surface area contributed by atoms with Crippen LogP contribution in [-0.4, -0.2) is 45.2 Å². The molecule has 0 aromatic heterocycles. The number of rotatable bonds is 8. The third kappa shape index (κ3) is 8.17. The second-order valence-electron chi connectivity index (χ2n) is 7.81. The molecule has 4 nitrogen and oxygen atoms in total. The normalized spacial score (nSPS) is 23.6. The number of hydrogen-bond acceptors (Lipinski definition) is 4. The highest BCUT2D eigenvalue weighted by Gasteiger charge is 2.33. The lowest BCUT2D eigenvalue weighted by Crippen LogP contribution is -2.41. The maximum Gasteiger partial charge on any atom is 0.150 e. The van der Waals surface area contributed by atoms with Gasteiger partial charge >= 0.3 is 0 Å². The van der Waals surface area contributed by atoms with E-state index in [4.69, 9.17) is 4.74 Å². The van der Waals surface area contributed by atoms with Crippen molar-refractivity contribution >= 4 is 9.84 Å². The fourth-order valence-corrected chi connectivity index (χ4v) is 4.61. The van der Waals surface area contributed by atoms with Crippen LogP contribution in [0.3, 0.4) is 0 Å². The number of nitrogens with one attached hydrogen (secondary N) is 1. The predicted octanol–water partition coefficient (Wildman–Crippen LogP) is 2.49. The molecule has 0 saturated carbocycles. The van der Waals surface area contributed by atoms with Crippen molar-refractivity contribution in [1.29, 1.82) is 0 Å². The molecule has 1 heterocycles. The SMILES string of the molecule is CC(C)COCCC(CNC(C)(C)C)C1CCS(=O)(=O)C1. The molecule has 0 spiro atoms. The van der Waals surface area contributed by atoms with Crippen molar-refractivity contribution in [3.8, 4) is 0 Å². The lowest BCUT2D eigenvalue weighted by atomic mass is 9.88. The topological polar surface area (TPSA) is 55.4 Å². The van der Waals surface area contributed by atoms with Crippen molar-refractivity contribution in [2.24, 2.45) is 17.8 Å². The lowest BCUT2D eigenvalue weighted by molar-refractivity contribution is 0.0902. The van der Waals surface area contributed by atoms with E-state index in [-0.39, 0.29) is 11.5 Å². The summed E-state index contributed by atoms with van der Waals surface area (Å²) in [6.07, 6.45) is 1.75. The minimum atomic E-state index is -2.81. The van der Waals surface area contributed by atoms with E-state index in [1.54, 1.807) is 0 Å². The van der Waals surface area contributed by atoms with Crippen LogP contribution in [-0.2, 0) is 14.6 Å². The minimum absolute atomic E-state index is 0.0640. The Morgan fingerprint density at radius 3 is 2.43 bits per heavy atom. The highest BCUT2D eigenvalue weighted by atomic mass is 32.2. The lowest BCUT2D eigenvalue weighted by Gasteiger charge is -2.28. The second kappa shape index (κ2) is 7.93. The van der Waals surface area contributed by atoms with Gasteiger partial charge in [-0.15, -0.1) is 0 Å². The quantitative estimate of drug-likeness (QED) is 0.698. The van der Waals surface area contributed by atoms with E-state index in [9.17, 15) is 8.42 Å². The molecule has 2 unspecified atom stereocenters. The summed E-state index contributed by atoms with van der Waals surface area (Å²) in [5.74, 6) is 1.92. The van der Waals surface area contributed by atoms with Crippen LogP contribution in [0.1, 0.15) is 47.5 Å². The van der Waals surface area contributed by atoms with E-state index >= 15 is 0 Å². The Hall–Kier alpha value is -0.130. The summed E-state index contributed by atoms with van der Waals surface area (Å²) in [7, 11) is -2.81. The molecule has 126 valence electrons. The first-order chi connectivity index (χ1) is 9.59. The van der Waals surface area contributed by atoms with Crippen molar-refractivity contribution < 1.29 is 13.2 Å². The van der Waals surface area contributed by atoms with Gasteiger partial charge in [0.05, 0.1) is 11.5 Å². The number of hydrogen-bond donors (Lipinski definition) is 1. The number of sulfone groups is 1. The highest BCUT2D eigenvalue weighted by molar-refractivity contribution is 7.91. The van der Waals surface area contributed by atoms with Crippen LogP contribution in [0, 0.1) is 17.8 Å². The first kappa shape index (κ1) is 18.9. The van der Waals surface area contributed by atoms with Crippen molar-refractivity contribution in [3.63, 3.8) is 0 Å². The van der Waals surface area contributed by atoms with Gasteiger partial charge in [-0.2, -0.15) is 0 Å². The molecule has 1 aliphatic heterocycles. The zero-order valence-corrected chi connectivity index (χ0v) is 15.1. The van der Waals surface area contributed by atoms with E-state index in [0.29, 0.717) is 23.3 Å². The molecular weight excluding hydrogens is 286 g/mol. The average Bonchev–Trinajstić information content (AvgIpc) is 2.67. The maximum absolute atomic E-state index is 11.7. The molecule has 1 saturated heterocycles. The standard InChI is InChI=1S/C16H33NO3S/c1-13(2)11-20-8-6-14(10-17-16(3,4)5)15-7-9-21(18,19)12-15/h13-15,17H,6-12H2,1-5H3. The molecule has 2 atom stereocenters. The van der Waals surface area contributed by atoms with Crippen LogP contribution >= 0.6 is 0 Å². The van der Waals surface area contributed by atoms with Gasteiger partial charge < -0.3 is 10.1 Å². The maximum atomic E-state index is 11.7. The molecule has 0 radical (unpaired) electrons. The Morgan fingerprint density at radius 2 is 1.95 bits per heavy atom. The van der Waals surface area contributed by atoms with E-state index in [2.05, 4.69) is 39.9 Å². The van der Waals surface area contributed by atoms with Crippen LogP contribution in [0.25, 0.3) is 0 Å². The molecule has 1 aliphatic rings. The van der Waals surface area contributed by atoms with E-state index in [1.807, 2.05) is 0 Å². The third-order valence-electron chi connectivity index (χ3n) is 3.91. The van der Waals surface area contributed by atoms with Crippen LogP contribution in [0.15, 0.2) is 0 Å². The molecule has 1 N–H and O–H groups in total. The molecular formula is C16H33NO3S. The summed E-state index contributed by atoms with van der Waals surface area (Å²) in [6.45, 7) is 13.1. The third-order valence-corrected chi connectivity index (χ3v) is 5.71. The number of ether oxygens (including phenoxy) is 1. The van der Waals surface area contributed by atoms with Gasteiger partial charge in [0.2, 0.25) is 0 Å². The fraction of sp³-hybridized carbons (Fsp3) is 1.00. The van der Waals surface area contributed by atoms with Gasteiger partial charge in [-0.1, -0.05) is 13.8 Å². The van der Waals surface area contributed by atoms with Gasteiger partial charge in [-0.3, -0.25) is 0 Å². The molecule has 0 aromatic carbocycles. The minimum Gasteiger partial charge on any atom is -0.381 e. The summed E-state index contributed by atoms with van der Waals surface area (Å²) in [4.78, 5) is 0. The van der Waals surface area contributed by atoms with Crippen LogP contribution in [0.5, 0.6) is 0 Å². The fourth-order valence-electron chi connectivity index (χ4n) is 2.69. The van der Waals surface area contributed by atoms with Crippen molar-refractivity contribution in [2.75, 3.05) is 31.3 Å². The Kier molecular flexibility index (Phi) is 7.14. The van der Waals surface area contributed by atoms with Crippen LogP contribution in [0.4, 0.5) is 0 Å². The van der Waals surface area contributed by atoms with E-state index in [0.717, 1.165) is 32.6 Å². The first-order valence-electron chi connectivity index (χ1n) is 8.12. The summed E-state index contributed by atoms with van der Waals surface area (Å²) in [5, 5.41) is 3.53. The van der Waals surface area contributed by atoms with Gasteiger partial charge in [-0.25, -0.2) is 8.42 Å². The Bertz CT molecular complexity index is 398. The highest BCUT2D eigenvalue weighted by Crippen LogP contribution is 2.28. The molecule has 0 amide bonds. The second-order valence-corrected chi connectivity index (χ2v) is 10.0. The van der Waals surface area contributed by atoms with Crippen LogP contribution in [0.2, 0.25) is 0 Å². The summed E-state index contributed by atoms with van der Waals surface area (Å²) in [6, 6.07) is 0. The molecule has 1 fully saturated rings. The molecule has 21 heavy (non-hydrogen) atoms. The van der Waals surface area contributed by atoms with Gasteiger partial charge in [0.1, 0.15) is 0 Å². The first-order valence-corrected chi connectivity index (χ1v) is 9.94. The molecule has 5 heteroatoms. The van der Waals surface area contributed by atoms with Gasteiger partial charge in [0.15, 0.2) is 9.84 Å². The summed E-state index contributed by atoms with van der Waals surface area (Å²) < 4.78 is 29.1. The average molecular weight is 320 g/mol. The largest absolute Gasteiger partial charge is 0.381 e.